The molecule has 0 atom stereocenters. The topological polar surface area (TPSA) is 87.2 Å². The molecular formula is C8H8N2O3. The van der Waals surface area contributed by atoms with Gasteiger partial charge in [-0.05, 0) is 13.0 Å². The van der Waals surface area contributed by atoms with Crippen molar-refractivity contribution in [3.63, 3.8) is 0 Å². The molecule has 0 saturated carbocycles. The highest BCUT2D eigenvalue weighted by Gasteiger charge is 2.10. The predicted molar refractivity (Wildman–Crippen MR) is 47.3 cm³/mol. The van der Waals surface area contributed by atoms with E-state index in [-0.39, 0.29) is 17.1 Å². The third-order valence-electron chi connectivity index (χ3n) is 1.60. The molecule has 0 aromatic heterocycles. The molecule has 0 aliphatic heterocycles. The zero-order valence-corrected chi connectivity index (χ0v) is 6.94. The van der Waals surface area contributed by atoms with E-state index >= 15 is 0 Å². The molecule has 0 saturated heterocycles. The second-order valence-electron chi connectivity index (χ2n) is 2.58. The average molecular weight is 180 g/mol. The fourth-order valence-corrected chi connectivity index (χ4v) is 0.951. The number of hydrogen-bond acceptors (Lipinski definition) is 4. The van der Waals surface area contributed by atoms with Crippen LogP contribution in [0, 0.1) is 15.5 Å². The number of benzene rings is 1. The molecule has 0 bridgehead atoms. The highest BCUT2D eigenvalue weighted by molar-refractivity contribution is 5.98. The lowest BCUT2D eigenvalue weighted by molar-refractivity contribution is -0.384. The summed E-state index contributed by atoms with van der Waals surface area (Å²) in [5, 5.41) is 26.8. The van der Waals surface area contributed by atoms with Gasteiger partial charge in [0, 0.05) is 17.3 Å². The lowest BCUT2D eigenvalue weighted by atomic mass is 10.1. The van der Waals surface area contributed by atoms with Crippen LogP contribution in [-0.2, 0) is 0 Å². The van der Waals surface area contributed by atoms with Gasteiger partial charge in [0.1, 0.15) is 5.75 Å². The van der Waals surface area contributed by atoms with E-state index in [9.17, 15) is 15.2 Å². The number of aromatic hydroxyl groups is 1. The van der Waals surface area contributed by atoms with E-state index in [1.165, 1.54) is 19.1 Å². The molecule has 0 heterocycles. The van der Waals surface area contributed by atoms with Gasteiger partial charge in [0.05, 0.1) is 11.0 Å². The van der Waals surface area contributed by atoms with E-state index < -0.39 is 4.92 Å². The molecule has 0 fully saturated rings. The van der Waals surface area contributed by atoms with Gasteiger partial charge in [0.2, 0.25) is 0 Å². The van der Waals surface area contributed by atoms with Crippen molar-refractivity contribution in [2.45, 2.75) is 6.92 Å². The number of nitrogens with zero attached hydrogens (tertiary/aromatic N) is 1. The normalized spacial score (nSPS) is 9.62. The predicted octanol–water partition coefficient (Wildman–Crippen LogP) is 1.69. The number of nitro groups is 1. The van der Waals surface area contributed by atoms with Crippen molar-refractivity contribution in [1.82, 2.24) is 0 Å². The maximum atomic E-state index is 10.3. The molecule has 0 unspecified atom stereocenters. The zero-order valence-electron chi connectivity index (χ0n) is 6.94. The first-order valence-corrected chi connectivity index (χ1v) is 3.55. The van der Waals surface area contributed by atoms with Crippen molar-refractivity contribution < 1.29 is 10.0 Å². The Morgan fingerprint density at radius 2 is 2.23 bits per heavy atom. The first-order chi connectivity index (χ1) is 6.02. The zero-order chi connectivity index (χ0) is 10.0. The minimum atomic E-state index is -0.594. The van der Waals surface area contributed by atoms with Gasteiger partial charge in [-0.25, -0.2) is 0 Å². The number of non-ortho nitro benzene ring substituents is 1. The fraction of sp³-hybridized carbons (Fsp3) is 0.125. The van der Waals surface area contributed by atoms with Gasteiger partial charge in [-0.3, -0.25) is 10.1 Å². The molecule has 2 N–H and O–H groups in total. The summed E-state index contributed by atoms with van der Waals surface area (Å²) < 4.78 is 0. The van der Waals surface area contributed by atoms with E-state index in [4.69, 9.17) is 5.41 Å². The van der Waals surface area contributed by atoms with E-state index in [0.717, 1.165) is 6.07 Å². The van der Waals surface area contributed by atoms with Crippen LogP contribution in [0.5, 0.6) is 5.75 Å². The first-order valence-electron chi connectivity index (χ1n) is 3.55. The van der Waals surface area contributed by atoms with Crippen LogP contribution in [0.15, 0.2) is 18.2 Å². The van der Waals surface area contributed by atoms with Crippen LogP contribution in [0.25, 0.3) is 0 Å². The van der Waals surface area contributed by atoms with Gasteiger partial charge in [0.25, 0.3) is 5.69 Å². The molecule has 0 radical (unpaired) electrons. The summed E-state index contributed by atoms with van der Waals surface area (Å²) in [5.74, 6) is -0.235. The Balaban J connectivity index is 3.20. The molecule has 1 aromatic carbocycles. The highest BCUT2D eigenvalue weighted by atomic mass is 16.6. The van der Waals surface area contributed by atoms with Crippen molar-refractivity contribution in [1.29, 1.82) is 5.41 Å². The Morgan fingerprint density at radius 1 is 1.62 bits per heavy atom. The molecule has 0 aliphatic carbocycles. The summed E-state index contributed by atoms with van der Waals surface area (Å²) in [5.41, 5.74) is 0.306. The molecule has 5 nitrogen and oxygen atoms in total. The molecule has 0 amide bonds. The van der Waals surface area contributed by atoms with Gasteiger partial charge in [-0.1, -0.05) is 0 Å². The van der Waals surface area contributed by atoms with Gasteiger partial charge in [0.15, 0.2) is 0 Å². The molecule has 5 heteroatoms. The van der Waals surface area contributed by atoms with Gasteiger partial charge < -0.3 is 10.5 Å². The summed E-state index contributed by atoms with van der Waals surface area (Å²) in [6.45, 7) is 1.50. The molecule has 1 aromatic rings. The first kappa shape index (κ1) is 9.18. The fourth-order valence-electron chi connectivity index (χ4n) is 0.951. The number of rotatable bonds is 2. The van der Waals surface area contributed by atoms with Crippen molar-refractivity contribution >= 4 is 11.4 Å². The largest absolute Gasteiger partial charge is 0.507 e. The monoisotopic (exact) mass is 180 g/mol. The Morgan fingerprint density at radius 3 is 2.62 bits per heavy atom. The van der Waals surface area contributed by atoms with E-state index in [0.29, 0.717) is 5.56 Å². The minimum Gasteiger partial charge on any atom is -0.507 e. The second kappa shape index (κ2) is 3.22. The van der Waals surface area contributed by atoms with Crippen LogP contribution < -0.4 is 0 Å². The molecule has 0 spiro atoms. The average Bonchev–Trinajstić information content (AvgIpc) is 2.03. The van der Waals surface area contributed by atoms with Crippen LogP contribution in [0.3, 0.4) is 0 Å². The summed E-state index contributed by atoms with van der Waals surface area (Å²) in [7, 11) is 0. The number of nitrogens with one attached hydrogen (secondary N) is 1. The SMILES string of the molecule is CC(=N)c1ccc([N+](=O)[O-])cc1O. The molecule has 68 valence electrons. The summed E-state index contributed by atoms with van der Waals surface area (Å²) >= 11 is 0. The van der Waals surface area contributed by atoms with E-state index in [1.54, 1.807) is 0 Å². The van der Waals surface area contributed by atoms with Gasteiger partial charge >= 0.3 is 0 Å². The lowest BCUT2D eigenvalue weighted by Crippen LogP contribution is -1.94. The Kier molecular flexibility index (Phi) is 2.27. The molecule has 0 aliphatic rings. The van der Waals surface area contributed by atoms with Crippen molar-refractivity contribution in [3.05, 3.63) is 33.9 Å². The van der Waals surface area contributed by atoms with Crippen LogP contribution in [0.1, 0.15) is 12.5 Å². The lowest BCUT2D eigenvalue weighted by Gasteiger charge is -2.00. The number of hydrogen-bond donors (Lipinski definition) is 2. The van der Waals surface area contributed by atoms with Crippen LogP contribution >= 0.6 is 0 Å². The highest BCUT2D eigenvalue weighted by Crippen LogP contribution is 2.23. The van der Waals surface area contributed by atoms with Crippen molar-refractivity contribution in [3.8, 4) is 5.75 Å². The van der Waals surface area contributed by atoms with Crippen LogP contribution in [0.4, 0.5) is 5.69 Å². The molecular weight excluding hydrogens is 172 g/mol. The second-order valence-corrected chi connectivity index (χ2v) is 2.58. The minimum absolute atomic E-state index is 0.174. The Labute approximate surface area is 74.3 Å². The van der Waals surface area contributed by atoms with E-state index in [1.807, 2.05) is 0 Å². The standard InChI is InChI=1S/C8H8N2O3/c1-5(9)7-3-2-6(10(12)13)4-8(7)11/h2-4,9,11H,1H3. The smallest absolute Gasteiger partial charge is 0.273 e. The maximum Gasteiger partial charge on any atom is 0.273 e. The maximum absolute atomic E-state index is 10.3. The van der Waals surface area contributed by atoms with E-state index in [2.05, 4.69) is 0 Å². The van der Waals surface area contributed by atoms with Crippen molar-refractivity contribution in [2.24, 2.45) is 0 Å². The third-order valence-corrected chi connectivity index (χ3v) is 1.60. The van der Waals surface area contributed by atoms with Crippen LogP contribution in [0.2, 0.25) is 0 Å². The summed E-state index contributed by atoms with van der Waals surface area (Å²) in [6, 6.07) is 3.65. The van der Waals surface area contributed by atoms with Crippen LogP contribution in [-0.4, -0.2) is 15.7 Å². The molecule has 1 rings (SSSR count). The summed E-state index contributed by atoms with van der Waals surface area (Å²) in [4.78, 5) is 9.68. The number of nitro benzene ring substituents is 1. The van der Waals surface area contributed by atoms with Crippen molar-refractivity contribution in [2.75, 3.05) is 0 Å². The third kappa shape index (κ3) is 1.81. The van der Waals surface area contributed by atoms with Gasteiger partial charge in [-0.15, -0.1) is 0 Å². The number of phenols is 1. The number of phenolic OH excluding ortho intramolecular Hbond substituents is 1. The molecule has 13 heavy (non-hydrogen) atoms. The Hall–Kier alpha value is -1.91. The Bertz CT molecular complexity index is 374. The van der Waals surface area contributed by atoms with Gasteiger partial charge in [-0.2, -0.15) is 0 Å². The summed E-state index contributed by atoms with van der Waals surface area (Å²) in [6.07, 6.45) is 0. The quantitative estimate of drug-likeness (QED) is 0.412.